The first kappa shape index (κ1) is 20.5. The Hall–Kier alpha value is -2.21. The molecular weight excluding hydrogens is 354 g/mol. The van der Waals surface area contributed by atoms with Crippen molar-refractivity contribution in [3.05, 3.63) is 29.8 Å². The fraction of sp³-hybridized carbons (Fsp3) is 0.591. The molecule has 0 amide bonds. The molecule has 152 valence electrons. The smallest absolute Gasteiger partial charge is 0.336 e. The molecule has 0 bridgehead atoms. The van der Waals surface area contributed by atoms with Gasteiger partial charge in [-0.3, -0.25) is 4.79 Å². The molecule has 1 saturated carbocycles. The third-order valence-electron chi connectivity index (χ3n) is 5.35. The summed E-state index contributed by atoms with van der Waals surface area (Å²) in [5.41, 5.74) is 2.12. The van der Waals surface area contributed by atoms with Crippen molar-refractivity contribution in [3.8, 4) is 17.4 Å². The first-order chi connectivity index (χ1) is 13.7. The monoisotopic (exact) mass is 385 g/mol. The van der Waals surface area contributed by atoms with E-state index in [1.165, 1.54) is 35.9 Å². The zero-order chi connectivity index (χ0) is 19.8. The first-order valence-corrected chi connectivity index (χ1v) is 10.5. The predicted molar refractivity (Wildman–Crippen MR) is 109 cm³/mol. The molecule has 3 rings (SSSR count). The van der Waals surface area contributed by atoms with Crippen molar-refractivity contribution in [2.24, 2.45) is 5.92 Å². The molecular formula is C22H31N3O3. The Bertz CT molecular complexity index is 749. The van der Waals surface area contributed by atoms with Crippen molar-refractivity contribution in [2.75, 3.05) is 19.8 Å². The molecule has 6 nitrogen and oxygen atoms in total. The second kappa shape index (κ2) is 10.4. The lowest BCUT2D eigenvalue weighted by Gasteiger charge is -2.09. The lowest BCUT2D eigenvalue weighted by molar-refractivity contribution is 0.0872. The summed E-state index contributed by atoms with van der Waals surface area (Å²) in [5.74, 6) is 1.20. The van der Waals surface area contributed by atoms with Gasteiger partial charge in [-0.2, -0.15) is 9.67 Å². The van der Waals surface area contributed by atoms with Crippen LogP contribution in [0.3, 0.4) is 0 Å². The van der Waals surface area contributed by atoms with E-state index < -0.39 is 0 Å². The molecule has 0 N–H and O–H groups in total. The maximum Gasteiger partial charge on any atom is 0.336 e. The van der Waals surface area contributed by atoms with Crippen molar-refractivity contribution in [2.45, 2.75) is 58.8 Å². The average molecular weight is 386 g/mol. The number of nitrogens with zero attached hydrogens (tertiary/aromatic N) is 3. The Balaban J connectivity index is 1.75. The SMILES string of the molecule is CCOCCOc1nc(-c2ccc(CC)cc2)n(C(=O)CCC2CCCC2)n1. The fourth-order valence-electron chi connectivity index (χ4n) is 3.67. The van der Waals surface area contributed by atoms with Crippen LogP contribution >= 0.6 is 0 Å². The van der Waals surface area contributed by atoms with E-state index in [1.54, 1.807) is 0 Å². The Kier molecular flexibility index (Phi) is 7.60. The Morgan fingerprint density at radius 1 is 1.14 bits per heavy atom. The maximum atomic E-state index is 12.9. The van der Waals surface area contributed by atoms with Crippen molar-refractivity contribution in [1.29, 1.82) is 0 Å². The van der Waals surface area contributed by atoms with Gasteiger partial charge in [-0.1, -0.05) is 56.9 Å². The van der Waals surface area contributed by atoms with Crippen LogP contribution in [0.2, 0.25) is 0 Å². The number of aryl methyl sites for hydroxylation is 1. The number of carbonyl (C=O) groups excluding carboxylic acids is 1. The fourth-order valence-corrected chi connectivity index (χ4v) is 3.67. The van der Waals surface area contributed by atoms with E-state index >= 15 is 0 Å². The number of rotatable bonds is 10. The van der Waals surface area contributed by atoms with E-state index in [1.807, 2.05) is 19.1 Å². The van der Waals surface area contributed by atoms with E-state index in [0.29, 0.717) is 38.0 Å². The molecule has 0 aliphatic heterocycles. The van der Waals surface area contributed by atoms with Crippen LogP contribution < -0.4 is 4.74 Å². The zero-order valence-electron chi connectivity index (χ0n) is 17.0. The number of aromatic nitrogens is 3. The van der Waals surface area contributed by atoms with Gasteiger partial charge in [0, 0.05) is 18.6 Å². The second-order valence-electron chi connectivity index (χ2n) is 7.31. The van der Waals surface area contributed by atoms with E-state index in [2.05, 4.69) is 29.1 Å². The molecule has 0 radical (unpaired) electrons. The summed E-state index contributed by atoms with van der Waals surface area (Å²) in [6, 6.07) is 8.34. The van der Waals surface area contributed by atoms with Gasteiger partial charge in [-0.05, 0) is 31.2 Å². The van der Waals surface area contributed by atoms with Crippen LogP contribution in [-0.4, -0.2) is 40.5 Å². The topological polar surface area (TPSA) is 66.2 Å². The lowest BCUT2D eigenvalue weighted by Crippen LogP contribution is -2.15. The van der Waals surface area contributed by atoms with Crippen LogP contribution in [0.25, 0.3) is 11.4 Å². The van der Waals surface area contributed by atoms with E-state index in [4.69, 9.17) is 9.47 Å². The normalized spacial score (nSPS) is 14.5. The largest absolute Gasteiger partial charge is 0.460 e. The summed E-state index contributed by atoms with van der Waals surface area (Å²) in [6.45, 7) is 5.53. The maximum absolute atomic E-state index is 12.9. The minimum atomic E-state index is -0.0198. The summed E-state index contributed by atoms with van der Waals surface area (Å²) in [5, 5.41) is 4.35. The highest BCUT2D eigenvalue weighted by Crippen LogP contribution is 2.29. The number of benzene rings is 1. The molecule has 1 aliphatic rings. The van der Waals surface area contributed by atoms with Gasteiger partial charge in [0.15, 0.2) is 5.82 Å². The van der Waals surface area contributed by atoms with E-state index in [-0.39, 0.29) is 11.9 Å². The van der Waals surface area contributed by atoms with E-state index in [9.17, 15) is 4.79 Å². The van der Waals surface area contributed by atoms with Gasteiger partial charge in [-0.15, -0.1) is 5.10 Å². The zero-order valence-corrected chi connectivity index (χ0v) is 17.0. The van der Waals surface area contributed by atoms with Crippen molar-refractivity contribution < 1.29 is 14.3 Å². The molecule has 6 heteroatoms. The van der Waals surface area contributed by atoms with Crippen molar-refractivity contribution in [3.63, 3.8) is 0 Å². The van der Waals surface area contributed by atoms with Crippen molar-refractivity contribution in [1.82, 2.24) is 14.8 Å². The van der Waals surface area contributed by atoms with Crippen LogP contribution in [0.4, 0.5) is 0 Å². The summed E-state index contributed by atoms with van der Waals surface area (Å²) in [4.78, 5) is 17.4. The minimum absolute atomic E-state index is 0.0198. The second-order valence-corrected chi connectivity index (χ2v) is 7.31. The quantitative estimate of drug-likeness (QED) is 0.562. The minimum Gasteiger partial charge on any atom is -0.460 e. The standard InChI is InChI=1S/C22H31N3O3/c1-3-17-9-12-19(13-10-17)21-23-22(28-16-15-27-4-2)24-25(21)20(26)14-11-18-7-5-6-8-18/h9-10,12-13,18H,3-8,11,14-16H2,1-2H3. The highest BCUT2D eigenvalue weighted by molar-refractivity contribution is 5.82. The number of hydrogen-bond donors (Lipinski definition) is 0. The molecule has 0 saturated heterocycles. The summed E-state index contributed by atoms with van der Waals surface area (Å²) in [6.07, 6.45) is 7.44. The average Bonchev–Trinajstić information content (AvgIpc) is 3.39. The van der Waals surface area contributed by atoms with Gasteiger partial charge in [0.1, 0.15) is 6.61 Å². The van der Waals surface area contributed by atoms with Gasteiger partial charge in [-0.25, -0.2) is 0 Å². The van der Waals surface area contributed by atoms with Crippen LogP contribution in [-0.2, 0) is 11.2 Å². The predicted octanol–water partition coefficient (Wildman–Crippen LogP) is 4.53. The van der Waals surface area contributed by atoms with Gasteiger partial charge < -0.3 is 9.47 Å². The lowest BCUT2D eigenvalue weighted by atomic mass is 10.0. The molecule has 28 heavy (non-hydrogen) atoms. The van der Waals surface area contributed by atoms with Crippen LogP contribution in [0, 0.1) is 5.92 Å². The molecule has 0 atom stereocenters. The highest BCUT2D eigenvalue weighted by atomic mass is 16.5. The van der Waals surface area contributed by atoms with Gasteiger partial charge in [0.25, 0.3) is 0 Å². The van der Waals surface area contributed by atoms with Crippen LogP contribution in [0.5, 0.6) is 6.01 Å². The molecule has 2 aromatic rings. The number of ether oxygens (including phenoxy) is 2. The molecule has 0 unspecified atom stereocenters. The Morgan fingerprint density at radius 3 is 2.57 bits per heavy atom. The third-order valence-corrected chi connectivity index (χ3v) is 5.35. The summed E-state index contributed by atoms with van der Waals surface area (Å²) < 4.78 is 12.3. The molecule has 1 aliphatic carbocycles. The van der Waals surface area contributed by atoms with Gasteiger partial charge >= 0.3 is 6.01 Å². The van der Waals surface area contributed by atoms with Crippen molar-refractivity contribution >= 4 is 5.91 Å². The highest BCUT2D eigenvalue weighted by Gasteiger charge is 2.21. The Morgan fingerprint density at radius 2 is 1.89 bits per heavy atom. The van der Waals surface area contributed by atoms with Gasteiger partial charge in [0.2, 0.25) is 5.91 Å². The van der Waals surface area contributed by atoms with E-state index in [0.717, 1.165) is 18.4 Å². The van der Waals surface area contributed by atoms with Gasteiger partial charge in [0.05, 0.1) is 6.61 Å². The van der Waals surface area contributed by atoms with Crippen LogP contribution in [0.1, 0.15) is 62.7 Å². The third kappa shape index (κ3) is 5.41. The summed E-state index contributed by atoms with van der Waals surface area (Å²) in [7, 11) is 0. The summed E-state index contributed by atoms with van der Waals surface area (Å²) >= 11 is 0. The molecule has 1 aromatic carbocycles. The molecule has 0 spiro atoms. The first-order valence-electron chi connectivity index (χ1n) is 10.5. The molecule has 1 fully saturated rings. The van der Waals surface area contributed by atoms with Crippen LogP contribution in [0.15, 0.2) is 24.3 Å². The molecule has 1 aromatic heterocycles. The number of carbonyl (C=O) groups is 1. The molecule has 1 heterocycles. The number of hydrogen-bond acceptors (Lipinski definition) is 5. The Labute approximate surface area is 167 Å².